The lowest BCUT2D eigenvalue weighted by atomic mass is 10.1. The Hall–Kier alpha value is -4.02. The average molecular weight is 457 g/mol. The fraction of sp³-hybridized carbons (Fsp3) is 0.115. The molecule has 3 aromatic rings. The lowest BCUT2D eigenvalue weighted by Crippen LogP contribution is -2.27. The summed E-state index contributed by atoms with van der Waals surface area (Å²) < 4.78 is 11.3. The summed E-state index contributed by atoms with van der Waals surface area (Å²) in [4.78, 5) is 26.9. The Bertz CT molecular complexity index is 1290. The molecule has 1 aliphatic heterocycles. The van der Waals surface area contributed by atoms with Crippen LogP contribution in [0.1, 0.15) is 22.3 Å². The van der Waals surface area contributed by atoms with E-state index in [1.807, 2.05) is 31.2 Å². The Balaban J connectivity index is 1.54. The van der Waals surface area contributed by atoms with Crippen LogP contribution in [0.15, 0.2) is 71.6 Å². The van der Waals surface area contributed by atoms with Gasteiger partial charge >= 0.3 is 0 Å². The van der Waals surface area contributed by atoms with Crippen LogP contribution < -0.4 is 14.4 Å². The van der Waals surface area contributed by atoms with Crippen LogP contribution in [0.3, 0.4) is 0 Å². The Labute approximate surface area is 196 Å². The minimum atomic E-state index is -0.360. The van der Waals surface area contributed by atoms with Gasteiger partial charge in [-0.3, -0.25) is 9.59 Å². The van der Waals surface area contributed by atoms with Gasteiger partial charge in [0.25, 0.3) is 11.1 Å². The Morgan fingerprint density at radius 2 is 1.79 bits per heavy atom. The van der Waals surface area contributed by atoms with E-state index in [2.05, 4.69) is 6.07 Å². The molecule has 7 heteroatoms. The lowest BCUT2D eigenvalue weighted by molar-refractivity contribution is -0.113. The van der Waals surface area contributed by atoms with Crippen LogP contribution in [0.25, 0.3) is 6.08 Å². The number of carbonyl (C=O) groups excluding carboxylic acids is 2. The lowest BCUT2D eigenvalue weighted by Gasteiger charge is -2.13. The second kappa shape index (κ2) is 9.63. The van der Waals surface area contributed by atoms with Crippen LogP contribution in [-0.4, -0.2) is 18.3 Å². The second-order valence-corrected chi connectivity index (χ2v) is 8.31. The maximum Gasteiger partial charge on any atom is 0.298 e. The number of nitriles is 1. The molecule has 1 heterocycles. The molecule has 0 radical (unpaired) electrons. The van der Waals surface area contributed by atoms with Crippen molar-refractivity contribution in [3.8, 4) is 17.6 Å². The van der Waals surface area contributed by atoms with Gasteiger partial charge in [0, 0.05) is 5.56 Å². The summed E-state index contributed by atoms with van der Waals surface area (Å²) in [5.74, 6) is 0.632. The van der Waals surface area contributed by atoms with E-state index in [4.69, 9.17) is 9.47 Å². The molecule has 2 amide bonds. The fourth-order valence-electron chi connectivity index (χ4n) is 3.34. The van der Waals surface area contributed by atoms with Crippen LogP contribution in [0.2, 0.25) is 0 Å². The molecular weight excluding hydrogens is 436 g/mol. The molecule has 1 aliphatic rings. The molecule has 33 heavy (non-hydrogen) atoms. The summed E-state index contributed by atoms with van der Waals surface area (Å²) in [5.41, 5.74) is 3.62. The summed E-state index contributed by atoms with van der Waals surface area (Å²) in [5, 5.41) is 8.90. The monoisotopic (exact) mass is 456 g/mol. The third kappa shape index (κ3) is 4.76. The summed E-state index contributed by atoms with van der Waals surface area (Å²) in [6.07, 6.45) is 1.66. The van der Waals surface area contributed by atoms with Crippen LogP contribution in [0.4, 0.5) is 10.5 Å². The van der Waals surface area contributed by atoms with Crippen molar-refractivity contribution in [2.75, 3.05) is 12.0 Å². The van der Waals surface area contributed by atoms with Crippen LogP contribution >= 0.6 is 11.8 Å². The third-order valence-corrected chi connectivity index (χ3v) is 5.96. The normalized spacial score (nSPS) is 14.5. The number of thioether (sulfide) groups is 1. The highest BCUT2D eigenvalue weighted by atomic mass is 32.2. The molecule has 0 spiro atoms. The molecule has 6 nitrogen and oxygen atoms in total. The number of hydrogen-bond donors (Lipinski definition) is 0. The quantitative estimate of drug-likeness (QED) is 0.443. The van der Waals surface area contributed by atoms with Crippen molar-refractivity contribution >= 4 is 34.7 Å². The van der Waals surface area contributed by atoms with Gasteiger partial charge in [0.05, 0.1) is 29.3 Å². The number of benzene rings is 3. The molecule has 0 saturated carbocycles. The van der Waals surface area contributed by atoms with Gasteiger partial charge in [0.15, 0.2) is 11.5 Å². The molecule has 0 aliphatic carbocycles. The van der Waals surface area contributed by atoms with E-state index in [9.17, 15) is 14.9 Å². The molecule has 1 fully saturated rings. The molecule has 0 unspecified atom stereocenters. The number of carbonyl (C=O) groups is 2. The molecule has 164 valence electrons. The highest BCUT2D eigenvalue weighted by Crippen LogP contribution is 2.37. The molecule has 3 aromatic carbocycles. The van der Waals surface area contributed by atoms with Gasteiger partial charge in [0.1, 0.15) is 6.61 Å². The molecular formula is C26H20N2O4S. The highest BCUT2D eigenvalue weighted by Gasteiger charge is 2.36. The van der Waals surface area contributed by atoms with Crippen molar-refractivity contribution in [1.29, 1.82) is 5.26 Å². The standard InChI is InChI=1S/C26H20N2O4S/c1-17-7-10-21(11-8-17)28-25(29)24(33-26(28)30)14-18-9-12-22(23(13-18)31-2)32-16-20-6-4-3-5-19(20)15-27/h3-14H,16H2,1-2H3/b24-14-. The van der Waals surface area contributed by atoms with Crippen LogP contribution in [0.5, 0.6) is 11.5 Å². The number of ether oxygens (including phenoxy) is 2. The summed E-state index contributed by atoms with van der Waals surface area (Å²) in [7, 11) is 1.53. The first kappa shape index (κ1) is 22.2. The molecule has 0 N–H and O–H groups in total. The van der Waals surface area contributed by atoms with Gasteiger partial charge < -0.3 is 9.47 Å². The zero-order valence-electron chi connectivity index (χ0n) is 18.1. The largest absolute Gasteiger partial charge is 0.493 e. The number of amides is 2. The van der Waals surface area contributed by atoms with Gasteiger partial charge in [-0.1, -0.05) is 42.0 Å². The number of rotatable bonds is 6. The molecule has 0 atom stereocenters. The first-order chi connectivity index (χ1) is 16.0. The van der Waals surface area contributed by atoms with Gasteiger partial charge in [0.2, 0.25) is 0 Å². The number of nitrogens with zero attached hydrogens (tertiary/aromatic N) is 2. The average Bonchev–Trinajstić information content (AvgIpc) is 3.11. The van der Waals surface area contributed by atoms with E-state index in [1.54, 1.807) is 48.5 Å². The van der Waals surface area contributed by atoms with Gasteiger partial charge in [-0.05, 0) is 60.7 Å². The fourth-order valence-corrected chi connectivity index (χ4v) is 4.18. The number of methoxy groups -OCH3 is 1. The Morgan fingerprint density at radius 3 is 2.52 bits per heavy atom. The summed E-state index contributed by atoms with van der Waals surface area (Å²) in [6.45, 7) is 2.16. The van der Waals surface area contributed by atoms with Crippen molar-refractivity contribution in [2.45, 2.75) is 13.5 Å². The molecule has 4 rings (SSSR count). The number of imide groups is 1. The molecule has 1 saturated heterocycles. The maximum atomic E-state index is 12.9. The van der Waals surface area contributed by atoms with Crippen molar-refractivity contribution in [3.63, 3.8) is 0 Å². The van der Waals surface area contributed by atoms with Crippen molar-refractivity contribution < 1.29 is 19.1 Å². The van der Waals surface area contributed by atoms with Gasteiger partial charge in [-0.2, -0.15) is 5.26 Å². The van der Waals surface area contributed by atoms with Crippen molar-refractivity contribution in [2.24, 2.45) is 0 Å². The van der Waals surface area contributed by atoms with Gasteiger partial charge in [-0.25, -0.2) is 4.90 Å². The first-order valence-corrected chi connectivity index (χ1v) is 11.0. The number of aryl methyl sites for hydroxylation is 1. The maximum absolute atomic E-state index is 12.9. The zero-order valence-corrected chi connectivity index (χ0v) is 18.9. The predicted molar refractivity (Wildman–Crippen MR) is 128 cm³/mol. The Kier molecular flexibility index (Phi) is 6.48. The second-order valence-electron chi connectivity index (χ2n) is 7.32. The minimum Gasteiger partial charge on any atom is -0.493 e. The molecule has 0 aromatic heterocycles. The third-order valence-electron chi connectivity index (χ3n) is 5.09. The van der Waals surface area contributed by atoms with E-state index >= 15 is 0 Å². The van der Waals surface area contributed by atoms with Crippen LogP contribution in [-0.2, 0) is 11.4 Å². The number of anilines is 1. The summed E-state index contributed by atoms with van der Waals surface area (Å²) in [6, 6.07) is 21.9. The van der Waals surface area contributed by atoms with E-state index in [-0.39, 0.29) is 17.8 Å². The smallest absolute Gasteiger partial charge is 0.298 e. The summed E-state index contributed by atoms with van der Waals surface area (Å²) >= 11 is 0.901. The predicted octanol–water partition coefficient (Wildman–Crippen LogP) is 5.70. The van der Waals surface area contributed by atoms with Gasteiger partial charge in [-0.15, -0.1) is 0 Å². The zero-order chi connectivity index (χ0) is 23.4. The molecule has 0 bridgehead atoms. The van der Waals surface area contributed by atoms with Crippen molar-refractivity contribution in [3.05, 3.63) is 93.9 Å². The van der Waals surface area contributed by atoms with E-state index in [0.717, 1.165) is 22.9 Å². The first-order valence-electron chi connectivity index (χ1n) is 10.1. The number of hydrogen-bond acceptors (Lipinski definition) is 6. The van der Waals surface area contributed by atoms with E-state index < -0.39 is 0 Å². The van der Waals surface area contributed by atoms with Crippen molar-refractivity contribution in [1.82, 2.24) is 0 Å². The Morgan fingerprint density at radius 1 is 1.03 bits per heavy atom. The SMILES string of the molecule is COc1cc(/C=C2\SC(=O)N(c3ccc(C)cc3)C2=O)ccc1OCc1ccccc1C#N. The minimum absolute atomic E-state index is 0.217. The topological polar surface area (TPSA) is 79.6 Å². The van der Waals surface area contributed by atoms with E-state index in [1.165, 1.54) is 12.0 Å². The van der Waals surface area contributed by atoms with E-state index in [0.29, 0.717) is 33.2 Å². The highest BCUT2D eigenvalue weighted by molar-refractivity contribution is 8.19. The van der Waals surface area contributed by atoms with Crippen LogP contribution in [0, 0.1) is 18.3 Å².